The molecule has 0 aliphatic heterocycles. The van der Waals surface area contributed by atoms with Crippen molar-refractivity contribution in [3.63, 3.8) is 0 Å². The second-order valence-electron chi connectivity index (χ2n) is 4.36. The highest BCUT2D eigenvalue weighted by molar-refractivity contribution is 9.10. The molecule has 2 aromatic carbocycles. The molecule has 0 saturated carbocycles. The van der Waals surface area contributed by atoms with Gasteiger partial charge < -0.3 is 0 Å². The lowest BCUT2D eigenvalue weighted by molar-refractivity contribution is 1.33. The molecule has 0 aromatic heterocycles. The van der Waals surface area contributed by atoms with Crippen molar-refractivity contribution < 1.29 is 0 Å². The molecule has 0 atom stereocenters. The largest absolute Gasteiger partial charge is 0.0837 e. The summed E-state index contributed by atoms with van der Waals surface area (Å²) in [6, 6.07) is 10.4. The van der Waals surface area contributed by atoms with Crippen LogP contribution in [-0.4, -0.2) is 0 Å². The summed E-state index contributed by atoms with van der Waals surface area (Å²) in [6.07, 6.45) is 0. The average molecular weight is 310 g/mol. The highest BCUT2D eigenvalue weighted by atomic mass is 79.9. The molecule has 0 N–H and O–H groups in total. The first-order chi connectivity index (χ1) is 8.00. The summed E-state index contributed by atoms with van der Waals surface area (Å²) in [5.41, 5.74) is 6.00. The fourth-order valence-corrected chi connectivity index (χ4v) is 2.65. The molecule has 88 valence electrons. The Balaban J connectivity index is 2.69. The average Bonchev–Trinajstić information content (AvgIpc) is 2.25. The van der Waals surface area contributed by atoms with E-state index in [0.717, 1.165) is 10.6 Å². The van der Waals surface area contributed by atoms with Gasteiger partial charge in [-0.15, -0.1) is 0 Å². The molecular formula is C15H14BrCl. The Morgan fingerprint density at radius 3 is 2.06 bits per heavy atom. The lowest BCUT2D eigenvalue weighted by Crippen LogP contribution is -1.89. The zero-order valence-corrected chi connectivity index (χ0v) is 12.5. The molecule has 2 heteroatoms. The molecule has 17 heavy (non-hydrogen) atoms. The van der Waals surface area contributed by atoms with Gasteiger partial charge in [-0.3, -0.25) is 0 Å². The maximum atomic E-state index is 6.30. The van der Waals surface area contributed by atoms with Crippen LogP contribution in [0.5, 0.6) is 0 Å². The van der Waals surface area contributed by atoms with E-state index in [-0.39, 0.29) is 0 Å². The molecule has 0 amide bonds. The minimum Gasteiger partial charge on any atom is -0.0837 e. The summed E-state index contributed by atoms with van der Waals surface area (Å²) in [6.45, 7) is 6.30. The van der Waals surface area contributed by atoms with Gasteiger partial charge in [0.25, 0.3) is 0 Å². The van der Waals surface area contributed by atoms with Crippen LogP contribution in [0, 0.1) is 20.8 Å². The van der Waals surface area contributed by atoms with Gasteiger partial charge in [-0.25, -0.2) is 0 Å². The number of aryl methyl sites for hydroxylation is 3. The molecule has 0 aliphatic carbocycles. The maximum absolute atomic E-state index is 6.30. The summed E-state index contributed by atoms with van der Waals surface area (Å²) in [4.78, 5) is 0. The van der Waals surface area contributed by atoms with E-state index in [0.29, 0.717) is 0 Å². The Bertz CT molecular complexity index is 530. The number of benzene rings is 2. The van der Waals surface area contributed by atoms with Crippen molar-refractivity contribution in [3.05, 3.63) is 56.5 Å². The number of hydrogen-bond acceptors (Lipinski definition) is 0. The molecule has 0 nitrogen and oxygen atoms in total. The zero-order valence-electron chi connectivity index (χ0n) is 10.1. The molecule has 0 radical (unpaired) electrons. The SMILES string of the molecule is Cc1cc(-c2c(C)cccc2Cl)cc(C)c1Br. The van der Waals surface area contributed by atoms with Gasteiger partial charge in [-0.1, -0.05) is 51.8 Å². The number of hydrogen-bond donors (Lipinski definition) is 0. The van der Waals surface area contributed by atoms with E-state index in [9.17, 15) is 0 Å². The lowest BCUT2D eigenvalue weighted by atomic mass is 9.97. The molecule has 0 aliphatic rings. The van der Waals surface area contributed by atoms with E-state index in [2.05, 4.69) is 54.9 Å². The van der Waals surface area contributed by atoms with Crippen LogP contribution < -0.4 is 0 Å². The van der Waals surface area contributed by atoms with Crippen molar-refractivity contribution in [2.45, 2.75) is 20.8 Å². The van der Waals surface area contributed by atoms with Gasteiger partial charge in [0.1, 0.15) is 0 Å². The molecule has 0 bridgehead atoms. The van der Waals surface area contributed by atoms with E-state index < -0.39 is 0 Å². The fourth-order valence-electron chi connectivity index (χ4n) is 2.09. The van der Waals surface area contributed by atoms with Crippen LogP contribution in [0.3, 0.4) is 0 Å². The second kappa shape index (κ2) is 4.83. The van der Waals surface area contributed by atoms with Crippen LogP contribution in [0.25, 0.3) is 11.1 Å². The highest BCUT2D eigenvalue weighted by Crippen LogP contribution is 2.34. The molecule has 0 fully saturated rings. The van der Waals surface area contributed by atoms with Crippen LogP contribution in [-0.2, 0) is 0 Å². The predicted octanol–water partition coefficient (Wildman–Crippen LogP) is 5.69. The monoisotopic (exact) mass is 308 g/mol. The number of halogens is 2. The topological polar surface area (TPSA) is 0 Å². The van der Waals surface area contributed by atoms with Crippen molar-refractivity contribution in [1.29, 1.82) is 0 Å². The van der Waals surface area contributed by atoms with Crippen molar-refractivity contribution >= 4 is 27.5 Å². The maximum Gasteiger partial charge on any atom is 0.0487 e. The van der Waals surface area contributed by atoms with Crippen LogP contribution in [0.2, 0.25) is 5.02 Å². The molecule has 0 saturated heterocycles. The third kappa shape index (κ3) is 2.41. The van der Waals surface area contributed by atoms with E-state index in [1.807, 2.05) is 12.1 Å². The van der Waals surface area contributed by atoms with Gasteiger partial charge in [0, 0.05) is 15.1 Å². The summed E-state index contributed by atoms with van der Waals surface area (Å²) >= 11 is 9.89. The summed E-state index contributed by atoms with van der Waals surface area (Å²) in [5, 5.41) is 0.811. The van der Waals surface area contributed by atoms with E-state index >= 15 is 0 Å². The van der Waals surface area contributed by atoms with Gasteiger partial charge in [-0.2, -0.15) is 0 Å². The Morgan fingerprint density at radius 2 is 1.53 bits per heavy atom. The Kier molecular flexibility index (Phi) is 3.60. The van der Waals surface area contributed by atoms with Crippen molar-refractivity contribution in [2.75, 3.05) is 0 Å². The molecule has 0 heterocycles. The third-order valence-electron chi connectivity index (χ3n) is 2.95. The first-order valence-electron chi connectivity index (χ1n) is 5.53. The van der Waals surface area contributed by atoms with Gasteiger partial charge >= 0.3 is 0 Å². The van der Waals surface area contributed by atoms with Gasteiger partial charge in [-0.05, 0) is 49.1 Å². The minimum atomic E-state index is 0.811. The molecule has 0 unspecified atom stereocenters. The Morgan fingerprint density at radius 1 is 0.941 bits per heavy atom. The smallest absolute Gasteiger partial charge is 0.0487 e. The standard InChI is InChI=1S/C15H14BrCl/c1-9-5-4-6-13(17)14(9)12-7-10(2)15(16)11(3)8-12/h4-8H,1-3H3. The van der Waals surface area contributed by atoms with Crippen molar-refractivity contribution in [1.82, 2.24) is 0 Å². The van der Waals surface area contributed by atoms with Crippen LogP contribution in [0.4, 0.5) is 0 Å². The van der Waals surface area contributed by atoms with Crippen LogP contribution >= 0.6 is 27.5 Å². The summed E-state index contributed by atoms with van der Waals surface area (Å²) in [7, 11) is 0. The van der Waals surface area contributed by atoms with Gasteiger partial charge in [0.15, 0.2) is 0 Å². The second-order valence-corrected chi connectivity index (χ2v) is 5.56. The first-order valence-corrected chi connectivity index (χ1v) is 6.70. The lowest BCUT2D eigenvalue weighted by Gasteiger charge is -2.12. The summed E-state index contributed by atoms with van der Waals surface area (Å²) < 4.78 is 1.17. The summed E-state index contributed by atoms with van der Waals surface area (Å²) in [5.74, 6) is 0. The Hall–Kier alpha value is -0.790. The quantitative estimate of drug-likeness (QED) is 0.634. The molecule has 2 rings (SSSR count). The fraction of sp³-hybridized carbons (Fsp3) is 0.200. The normalized spacial score (nSPS) is 10.6. The van der Waals surface area contributed by atoms with E-state index in [1.54, 1.807) is 0 Å². The molecular weight excluding hydrogens is 296 g/mol. The molecule has 2 aromatic rings. The van der Waals surface area contributed by atoms with E-state index in [1.165, 1.54) is 26.7 Å². The third-order valence-corrected chi connectivity index (χ3v) is 4.51. The van der Waals surface area contributed by atoms with Crippen molar-refractivity contribution in [3.8, 4) is 11.1 Å². The molecule has 0 spiro atoms. The predicted molar refractivity (Wildman–Crippen MR) is 78.8 cm³/mol. The van der Waals surface area contributed by atoms with Crippen molar-refractivity contribution in [2.24, 2.45) is 0 Å². The van der Waals surface area contributed by atoms with Gasteiger partial charge in [0.05, 0.1) is 0 Å². The van der Waals surface area contributed by atoms with Crippen LogP contribution in [0.15, 0.2) is 34.8 Å². The zero-order chi connectivity index (χ0) is 12.6. The first kappa shape index (κ1) is 12.7. The minimum absolute atomic E-state index is 0.811. The number of rotatable bonds is 1. The van der Waals surface area contributed by atoms with Crippen LogP contribution in [0.1, 0.15) is 16.7 Å². The highest BCUT2D eigenvalue weighted by Gasteiger charge is 2.09. The Labute approximate surface area is 116 Å². The van der Waals surface area contributed by atoms with E-state index in [4.69, 9.17) is 11.6 Å². The van der Waals surface area contributed by atoms with Gasteiger partial charge in [0.2, 0.25) is 0 Å².